The Hall–Kier alpha value is -2.04. The maximum Gasteiger partial charge on any atom is 0.319 e. The van der Waals surface area contributed by atoms with Crippen LogP contribution in [0.4, 0.5) is 0 Å². The highest BCUT2D eigenvalue weighted by Crippen LogP contribution is 2.33. The molecule has 1 aromatic carbocycles. The Morgan fingerprint density at radius 1 is 1.30 bits per heavy atom. The molecular weight excluding hydrogens is 260 g/mol. The lowest BCUT2D eigenvalue weighted by Crippen LogP contribution is -2.47. The van der Waals surface area contributed by atoms with Gasteiger partial charge in [0.1, 0.15) is 12.0 Å². The van der Waals surface area contributed by atoms with E-state index in [2.05, 4.69) is 0 Å². The summed E-state index contributed by atoms with van der Waals surface area (Å²) in [6.07, 6.45) is -0.802. The minimum atomic E-state index is -1.25. The molecule has 2 rings (SSSR count). The third-order valence-electron chi connectivity index (χ3n) is 3.20. The van der Waals surface area contributed by atoms with E-state index in [0.29, 0.717) is 11.5 Å². The molecule has 1 heterocycles. The average Bonchev–Trinajstić information content (AvgIpc) is 2.46. The summed E-state index contributed by atoms with van der Waals surface area (Å²) in [7, 11) is 0. The number of rotatable bonds is 4. The zero-order valence-electron chi connectivity index (χ0n) is 11.8. The molecule has 20 heavy (non-hydrogen) atoms. The Bertz CT molecular complexity index is 521. The van der Waals surface area contributed by atoms with Crippen LogP contribution in [-0.2, 0) is 14.3 Å². The van der Waals surface area contributed by atoms with Crippen LogP contribution in [0.1, 0.15) is 20.8 Å². The number of benzene rings is 1. The van der Waals surface area contributed by atoms with Crippen molar-refractivity contribution in [3.8, 4) is 11.5 Å². The molecule has 0 aromatic heterocycles. The van der Waals surface area contributed by atoms with E-state index in [1.54, 1.807) is 25.1 Å². The van der Waals surface area contributed by atoms with Gasteiger partial charge in [0, 0.05) is 0 Å². The number of hydrogen-bond donors (Lipinski definition) is 0. The minimum absolute atomic E-state index is 0.0959. The molecule has 5 heteroatoms. The molecule has 5 nitrogen and oxygen atoms in total. The van der Waals surface area contributed by atoms with Gasteiger partial charge in [0.05, 0.1) is 6.61 Å². The highest BCUT2D eigenvalue weighted by molar-refractivity contribution is 6.05. The number of carbonyl (C=O) groups excluding carboxylic acids is 2. The van der Waals surface area contributed by atoms with Crippen molar-refractivity contribution in [3.63, 3.8) is 0 Å². The molecule has 1 aliphatic rings. The summed E-state index contributed by atoms with van der Waals surface area (Å²) in [5.41, 5.74) is -1.25. The number of ketones is 1. The van der Waals surface area contributed by atoms with Gasteiger partial charge < -0.3 is 14.2 Å². The Kier molecular flexibility index (Phi) is 3.97. The Morgan fingerprint density at radius 2 is 1.95 bits per heavy atom. The van der Waals surface area contributed by atoms with Gasteiger partial charge in [-0.3, -0.25) is 9.59 Å². The van der Waals surface area contributed by atoms with E-state index in [1.165, 1.54) is 13.8 Å². The fourth-order valence-electron chi connectivity index (χ4n) is 1.96. The SMILES string of the molecule is CCOC(=O)C(C)(C)C(=O)C1COc2ccccc2O1. The minimum Gasteiger partial charge on any atom is -0.485 e. The van der Waals surface area contributed by atoms with E-state index in [4.69, 9.17) is 14.2 Å². The summed E-state index contributed by atoms with van der Waals surface area (Å²) >= 11 is 0. The molecule has 108 valence electrons. The van der Waals surface area contributed by atoms with Crippen LogP contribution < -0.4 is 9.47 Å². The van der Waals surface area contributed by atoms with E-state index >= 15 is 0 Å². The van der Waals surface area contributed by atoms with Gasteiger partial charge >= 0.3 is 5.97 Å². The molecule has 1 unspecified atom stereocenters. The van der Waals surface area contributed by atoms with E-state index in [0.717, 1.165) is 0 Å². The number of carbonyl (C=O) groups is 2. The number of hydrogen-bond acceptors (Lipinski definition) is 5. The zero-order chi connectivity index (χ0) is 14.8. The number of ether oxygens (including phenoxy) is 3. The topological polar surface area (TPSA) is 61.8 Å². The molecule has 0 saturated heterocycles. The molecule has 0 saturated carbocycles. The second kappa shape index (κ2) is 5.53. The van der Waals surface area contributed by atoms with Gasteiger partial charge in [-0.2, -0.15) is 0 Å². The largest absolute Gasteiger partial charge is 0.485 e. The van der Waals surface area contributed by atoms with Crippen molar-refractivity contribution < 1.29 is 23.8 Å². The van der Waals surface area contributed by atoms with Crippen LogP contribution >= 0.6 is 0 Å². The highest BCUT2D eigenvalue weighted by Gasteiger charge is 2.44. The van der Waals surface area contributed by atoms with Crippen LogP contribution in [0.15, 0.2) is 24.3 Å². The maximum atomic E-state index is 12.4. The van der Waals surface area contributed by atoms with Crippen LogP contribution in [0.25, 0.3) is 0 Å². The summed E-state index contributed by atoms with van der Waals surface area (Å²) in [5.74, 6) is 0.222. The highest BCUT2D eigenvalue weighted by atomic mass is 16.6. The Labute approximate surface area is 117 Å². The summed E-state index contributed by atoms with van der Waals surface area (Å²) in [4.78, 5) is 24.3. The van der Waals surface area contributed by atoms with Crippen LogP contribution in [0.2, 0.25) is 0 Å². The lowest BCUT2D eigenvalue weighted by Gasteiger charge is -2.30. The summed E-state index contributed by atoms with van der Waals surface area (Å²) in [6.45, 7) is 5.11. The Balaban J connectivity index is 2.13. The van der Waals surface area contributed by atoms with E-state index in [1.807, 2.05) is 6.07 Å². The van der Waals surface area contributed by atoms with Gasteiger partial charge in [-0.15, -0.1) is 0 Å². The van der Waals surface area contributed by atoms with Crippen LogP contribution in [0.5, 0.6) is 11.5 Å². The average molecular weight is 278 g/mol. The quantitative estimate of drug-likeness (QED) is 0.622. The maximum absolute atomic E-state index is 12.4. The van der Waals surface area contributed by atoms with Crippen LogP contribution in [0, 0.1) is 5.41 Å². The van der Waals surface area contributed by atoms with Crippen molar-refractivity contribution in [3.05, 3.63) is 24.3 Å². The molecule has 0 bridgehead atoms. The zero-order valence-corrected chi connectivity index (χ0v) is 11.8. The number of fused-ring (bicyclic) bond motifs is 1. The summed E-state index contributed by atoms with van der Waals surface area (Å²) in [5, 5.41) is 0. The summed E-state index contributed by atoms with van der Waals surface area (Å²) in [6, 6.07) is 7.12. The fourth-order valence-corrected chi connectivity index (χ4v) is 1.96. The smallest absolute Gasteiger partial charge is 0.319 e. The lowest BCUT2D eigenvalue weighted by atomic mass is 9.85. The first-order valence-corrected chi connectivity index (χ1v) is 6.57. The first-order valence-electron chi connectivity index (χ1n) is 6.57. The van der Waals surface area contributed by atoms with Gasteiger partial charge in [-0.25, -0.2) is 0 Å². The number of Topliss-reactive ketones (excluding diaryl/α,β-unsaturated/α-hetero) is 1. The second-order valence-electron chi connectivity index (χ2n) is 5.07. The summed E-state index contributed by atoms with van der Waals surface area (Å²) < 4.78 is 16.1. The standard InChI is InChI=1S/C15H18O5/c1-4-18-14(17)15(2,3)13(16)12-9-19-10-7-5-6-8-11(10)20-12/h5-8,12H,4,9H2,1-3H3. The molecule has 1 aliphatic heterocycles. The lowest BCUT2D eigenvalue weighted by molar-refractivity contribution is -0.161. The van der Waals surface area contributed by atoms with E-state index < -0.39 is 17.5 Å². The molecule has 0 aliphatic carbocycles. The molecule has 0 N–H and O–H groups in total. The molecule has 0 fully saturated rings. The second-order valence-corrected chi connectivity index (χ2v) is 5.07. The molecule has 0 amide bonds. The normalized spacial score (nSPS) is 17.4. The van der Waals surface area contributed by atoms with Crippen molar-refractivity contribution in [2.45, 2.75) is 26.9 Å². The Morgan fingerprint density at radius 3 is 2.60 bits per heavy atom. The van der Waals surface area contributed by atoms with E-state index in [9.17, 15) is 9.59 Å². The van der Waals surface area contributed by atoms with E-state index in [-0.39, 0.29) is 19.0 Å². The molecular formula is C15H18O5. The van der Waals surface area contributed by atoms with Crippen molar-refractivity contribution in [1.82, 2.24) is 0 Å². The van der Waals surface area contributed by atoms with Gasteiger partial charge in [0.2, 0.25) is 0 Å². The van der Waals surface area contributed by atoms with Crippen molar-refractivity contribution in [2.24, 2.45) is 5.41 Å². The molecule has 1 atom stereocenters. The number of para-hydroxylation sites is 2. The monoisotopic (exact) mass is 278 g/mol. The van der Waals surface area contributed by atoms with Crippen molar-refractivity contribution >= 4 is 11.8 Å². The van der Waals surface area contributed by atoms with Crippen LogP contribution in [0.3, 0.4) is 0 Å². The van der Waals surface area contributed by atoms with Gasteiger partial charge in [0.25, 0.3) is 0 Å². The molecule has 0 spiro atoms. The van der Waals surface area contributed by atoms with Crippen molar-refractivity contribution in [2.75, 3.05) is 13.2 Å². The van der Waals surface area contributed by atoms with Gasteiger partial charge in [0.15, 0.2) is 23.4 Å². The first kappa shape index (κ1) is 14.4. The third kappa shape index (κ3) is 2.61. The molecule has 1 aromatic rings. The predicted octanol–water partition coefficient (Wildman–Crippen LogP) is 1.98. The molecule has 0 radical (unpaired) electrons. The van der Waals surface area contributed by atoms with Crippen LogP contribution in [-0.4, -0.2) is 31.1 Å². The third-order valence-corrected chi connectivity index (χ3v) is 3.20. The predicted molar refractivity (Wildman–Crippen MR) is 71.8 cm³/mol. The number of esters is 1. The first-order chi connectivity index (χ1) is 9.46. The van der Waals surface area contributed by atoms with Gasteiger partial charge in [-0.05, 0) is 32.9 Å². The fraction of sp³-hybridized carbons (Fsp3) is 0.467. The van der Waals surface area contributed by atoms with Gasteiger partial charge in [-0.1, -0.05) is 12.1 Å². The van der Waals surface area contributed by atoms with Crippen molar-refractivity contribution in [1.29, 1.82) is 0 Å².